The van der Waals surface area contributed by atoms with Crippen LogP contribution < -0.4 is 10.6 Å². The molecule has 0 aliphatic carbocycles. The molecular weight excluding hydrogens is 236 g/mol. The molecule has 3 N–H and O–H groups in total. The van der Waals surface area contributed by atoms with E-state index >= 15 is 0 Å². The second-order valence-corrected chi connectivity index (χ2v) is 4.80. The first-order valence-corrected chi connectivity index (χ1v) is 6.25. The third-order valence-electron chi connectivity index (χ3n) is 3.32. The smallest absolute Gasteiger partial charge is 0.148 e. The zero-order chi connectivity index (χ0) is 12.4. The minimum atomic E-state index is -0.00936. The van der Waals surface area contributed by atoms with Gasteiger partial charge in [0.2, 0.25) is 0 Å². The summed E-state index contributed by atoms with van der Waals surface area (Å²) < 4.78 is 0. The van der Waals surface area contributed by atoms with Gasteiger partial charge in [-0.25, -0.2) is 4.98 Å². The Labute approximate surface area is 106 Å². The summed E-state index contributed by atoms with van der Waals surface area (Å²) in [5, 5.41) is 7.96. The average molecular weight is 253 g/mol. The minimum Gasteiger partial charge on any atom is -0.384 e. The van der Waals surface area contributed by atoms with Crippen molar-refractivity contribution < 1.29 is 0 Å². The maximum atomic E-state index is 7.47. The van der Waals surface area contributed by atoms with Crippen molar-refractivity contribution in [3.8, 4) is 0 Å². The molecule has 1 atom stereocenters. The van der Waals surface area contributed by atoms with E-state index in [0.29, 0.717) is 16.5 Å². The highest BCUT2D eigenvalue weighted by molar-refractivity contribution is 6.36. The molecule has 1 aliphatic rings. The van der Waals surface area contributed by atoms with Gasteiger partial charge in [0.15, 0.2) is 0 Å². The summed E-state index contributed by atoms with van der Waals surface area (Å²) in [6.07, 6.45) is 4.02. The van der Waals surface area contributed by atoms with Crippen molar-refractivity contribution in [2.75, 3.05) is 18.0 Å². The lowest BCUT2D eigenvalue weighted by molar-refractivity contribution is 0.569. The fourth-order valence-electron chi connectivity index (χ4n) is 2.22. The number of amidine groups is 1. The molecular formula is C12H17ClN4. The molecule has 2 heterocycles. The number of anilines is 1. The molecule has 2 rings (SSSR count). The first-order valence-electron chi connectivity index (χ1n) is 5.87. The maximum Gasteiger partial charge on any atom is 0.148 e. The second kappa shape index (κ2) is 4.92. The molecule has 5 heteroatoms. The topological polar surface area (TPSA) is 66.0 Å². The van der Waals surface area contributed by atoms with E-state index in [0.717, 1.165) is 18.9 Å². The van der Waals surface area contributed by atoms with Crippen molar-refractivity contribution in [1.82, 2.24) is 4.98 Å². The number of nitrogens with two attached hydrogens (primary N) is 1. The van der Waals surface area contributed by atoms with Crippen LogP contribution in [0.3, 0.4) is 0 Å². The average Bonchev–Trinajstić information content (AvgIpc) is 2.77. The molecule has 1 saturated heterocycles. The standard InChI is InChI=1S/C12H17ClN4/c1-2-8-4-6-17(7-8)12-10(13)9(11(14)15)3-5-16-12/h3,5,8H,2,4,6-7H2,1H3,(H3,14,15). The summed E-state index contributed by atoms with van der Waals surface area (Å²) in [4.78, 5) is 6.50. The molecule has 92 valence electrons. The number of pyridine rings is 1. The van der Waals surface area contributed by atoms with Gasteiger partial charge in [-0.2, -0.15) is 0 Å². The molecule has 0 amide bonds. The Morgan fingerprint density at radius 3 is 3.06 bits per heavy atom. The highest BCUT2D eigenvalue weighted by Gasteiger charge is 2.24. The summed E-state index contributed by atoms with van der Waals surface area (Å²) in [6.45, 7) is 4.17. The van der Waals surface area contributed by atoms with E-state index in [1.165, 1.54) is 12.8 Å². The number of hydrogen-bond acceptors (Lipinski definition) is 3. The Balaban J connectivity index is 2.28. The molecule has 0 aromatic carbocycles. The van der Waals surface area contributed by atoms with Crippen LogP contribution in [0.25, 0.3) is 0 Å². The van der Waals surface area contributed by atoms with Gasteiger partial charge >= 0.3 is 0 Å². The normalized spacial score (nSPS) is 19.6. The predicted octanol–water partition coefficient (Wildman–Crippen LogP) is 2.26. The third-order valence-corrected chi connectivity index (χ3v) is 3.70. The van der Waals surface area contributed by atoms with Gasteiger partial charge in [-0.3, -0.25) is 5.41 Å². The van der Waals surface area contributed by atoms with Crippen molar-refractivity contribution in [2.24, 2.45) is 11.7 Å². The van der Waals surface area contributed by atoms with Crippen molar-refractivity contribution in [1.29, 1.82) is 5.41 Å². The van der Waals surface area contributed by atoms with Gasteiger partial charge in [-0.1, -0.05) is 24.9 Å². The molecule has 1 aliphatic heterocycles. The van der Waals surface area contributed by atoms with E-state index in [4.69, 9.17) is 22.7 Å². The van der Waals surface area contributed by atoms with Crippen LogP contribution in [0.4, 0.5) is 5.82 Å². The number of hydrogen-bond donors (Lipinski definition) is 2. The third kappa shape index (κ3) is 2.36. The fraction of sp³-hybridized carbons (Fsp3) is 0.500. The van der Waals surface area contributed by atoms with E-state index < -0.39 is 0 Å². The quantitative estimate of drug-likeness (QED) is 0.641. The summed E-state index contributed by atoms with van der Waals surface area (Å²) in [5.41, 5.74) is 6.05. The molecule has 0 spiro atoms. The molecule has 17 heavy (non-hydrogen) atoms. The number of nitrogen functional groups attached to an aromatic ring is 1. The van der Waals surface area contributed by atoms with Crippen LogP contribution in [0.5, 0.6) is 0 Å². The second-order valence-electron chi connectivity index (χ2n) is 4.42. The van der Waals surface area contributed by atoms with E-state index in [2.05, 4.69) is 16.8 Å². The van der Waals surface area contributed by atoms with Gasteiger partial charge in [0.25, 0.3) is 0 Å². The Kier molecular flexibility index (Phi) is 3.52. The van der Waals surface area contributed by atoms with Gasteiger partial charge in [0, 0.05) is 24.8 Å². The molecule has 1 unspecified atom stereocenters. The zero-order valence-electron chi connectivity index (χ0n) is 9.91. The van der Waals surface area contributed by atoms with Crippen LogP contribution in [0.15, 0.2) is 12.3 Å². The molecule has 1 aromatic heterocycles. The highest BCUT2D eigenvalue weighted by Crippen LogP contribution is 2.31. The Morgan fingerprint density at radius 2 is 2.47 bits per heavy atom. The summed E-state index contributed by atoms with van der Waals surface area (Å²) >= 11 is 6.25. The number of nitrogens with zero attached hydrogens (tertiary/aromatic N) is 2. The van der Waals surface area contributed by atoms with Crippen molar-refractivity contribution in [3.05, 3.63) is 22.8 Å². The molecule has 1 aromatic rings. The number of aromatic nitrogens is 1. The highest BCUT2D eigenvalue weighted by atomic mass is 35.5. The number of rotatable bonds is 3. The predicted molar refractivity (Wildman–Crippen MR) is 70.9 cm³/mol. The first-order chi connectivity index (χ1) is 8.13. The lowest BCUT2D eigenvalue weighted by atomic mass is 10.1. The van der Waals surface area contributed by atoms with Gasteiger partial charge in [0.1, 0.15) is 11.7 Å². The number of halogens is 1. The Hall–Kier alpha value is -1.29. The Bertz CT molecular complexity index is 433. The van der Waals surface area contributed by atoms with Crippen LogP contribution in [-0.4, -0.2) is 23.9 Å². The SMILES string of the molecule is CCC1CCN(c2nccc(C(=N)N)c2Cl)C1. The molecule has 0 radical (unpaired) electrons. The van der Waals surface area contributed by atoms with Crippen LogP contribution in [0.1, 0.15) is 25.3 Å². The lowest BCUT2D eigenvalue weighted by Crippen LogP contribution is -2.22. The maximum absolute atomic E-state index is 7.47. The zero-order valence-corrected chi connectivity index (χ0v) is 10.7. The minimum absolute atomic E-state index is 0.00936. The van der Waals surface area contributed by atoms with Gasteiger partial charge < -0.3 is 10.6 Å². The first kappa shape index (κ1) is 12.2. The van der Waals surface area contributed by atoms with Crippen LogP contribution in [-0.2, 0) is 0 Å². The van der Waals surface area contributed by atoms with Crippen molar-refractivity contribution in [2.45, 2.75) is 19.8 Å². The summed E-state index contributed by atoms with van der Waals surface area (Å²) in [6, 6.07) is 1.68. The lowest BCUT2D eigenvalue weighted by Gasteiger charge is -2.19. The van der Waals surface area contributed by atoms with E-state index in [9.17, 15) is 0 Å². The molecule has 4 nitrogen and oxygen atoms in total. The van der Waals surface area contributed by atoms with E-state index in [-0.39, 0.29) is 5.84 Å². The molecule has 0 bridgehead atoms. The molecule has 0 saturated carbocycles. The van der Waals surface area contributed by atoms with Gasteiger partial charge in [-0.15, -0.1) is 0 Å². The van der Waals surface area contributed by atoms with Crippen LogP contribution >= 0.6 is 11.6 Å². The van der Waals surface area contributed by atoms with Crippen LogP contribution in [0, 0.1) is 11.3 Å². The van der Waals surface area contributed by atoms with E-state index in [1.54, 1.807) is 12.3 Å². The van der Waals surface area contributed by atoms with Gasteiger partial charge in [-0.05, 0) is 18.4 Å². The fourth-order valence-corrected chi connectivity index (χ4v) is 2.55. The summed E-state index contributed by atoms with van der Waals surface area (Å²) in [7, 11) is 0. The number of nitrogens with one attached hydrogen (secondary N) is 1. The summed E-state index contributed by atoms with van der Waals surface area (Å²) in [5.74, 6) is 1.47. The molecule has 1 fully saturated rings. The van der Waals surface area contributed by atoms with Crippen LogP contribution in [0.2, 0.25) is 5.02 Å². The monoisotopic (exact) mass is 252 g/mol. The van der Waals surface area contributed by atoms with Crippen molar-refractivity contribution in [3.63, 3.8) is 0 Å². The Morgan fingerprint density at radius 1 is 1.71 bits per heavy atom. The largest absolute Gasteiger partial charge is 0.384 e. The van der Waals surface area contributed by atoms with Crippen molar-refractivity contribution >= 4 is 23.3 Å². The van der Waals surface area contributed by atoms with E-state index in [1.807, 2.05) is 0 Å². The van der Waals surface area contributed by atoms with Gasteiger partial charge in [0.05, 0.1) is 5.02 Å².